The monoisotopic (exact) mass is 426 g/mol. The third-order valence-electron chi connectivity index (χ3n) is 8.21. The molecule has 3 bridgehead atoms. The van der Waals surface area contributed by atoms with Gasteiger partial charge in [0.2, 0.25) is 0 Å². The molecule has 0 aromatic heterocycles. The SMILES string of the molecule is C[N+]1(CCOP(=O)(O)OCCCC/C=C2\C3CCC4CC(C3)CC24)CCCCC1. The molecule has 3 saturated carbocycles. The van der Waals surface area contributed by atoms with Gasteiger partial charge in [0.15, 0.2) is 0 Å². The molecule has 6 heteroatoms. The van der Waals surface area contributed by atoms with Crippen LogP contribution in [0.2, 0.25) is 0 Å². The van der Waals surface area contributed by atoms with E-state index in [1.165, 1.54) is 51.4 Å². The number of nitrogens with zero attached hydrogens (tertiary/aromatic N) is 1. The van der Waals surface area contributed by atoms with Gasteiger partial charge in [0, 0.05) is 0 Å². The van der Waals surface area contributed by atoms with E-state index < -0.39 is 7.82 Å². The van der Waals surface area contributed by atoms with Crippen LogP contribution in [-0.2, 0) is 13.6 Å². The molecule has 5 nitrogen and oxygen atoms in total. The molecule has 0 aromatic carbocycles. The van der Waals surface area contributed by atoms with Crippen LogP contribution in [0, 0.1) is 23.7 Å². The molecule has 0 amide bonds. The Kier molecular flexibility index (Phi) is 7.23. The topological polar surface area (TPSA) is 55.8 Å². The minimum absolute atomic E-state index is 0.293. The first kappa shape index (κ1) is 22.0. The zero-order valence-corrected chi connectivity index (χ0v) is 19.2. The van der Waals surface area contributed by atoms with Gasteiger partial charge in [-0.05, 0) is 94.3 Å². The van der Waals surface area contributed by atoms with Crippen LogP contribution in [0.1, 0.15) is 70.6 Å². The predicted octanol–water partition coefficient (Wildman–Crippen LogP) is 5.30. The van der Waals surface area contributed by atoms with Crippen molar-refractivity contribution in [2.45, 2.75) is 70.6 Å². The third kappa shape index (κ3) is 5.74. The summed E-state index contributed by atoms with van der Waals surface area (Å²) in [5.74, 6) is 3.74. The van der Waals surface area contributed by atoms with Crippen LogP contribution < -0.4 is 0 Å². The van der Waals surface area contributed by atoms with Crippen molar-refractivity contribution < 1.29 is 23.0 Å². The predicted molar refractivity (Wildman–Crippen MR) is 115 cm³/mol. The van der Waals surface area contributed by atoms with Crippen molar-refractivity contribution in [2.75, 3.05) is 39.9 Å². The number of hydrogen-bond acceptors (Lipinski definition) is 3. The lowest BCUT2D eigenvalue weighted by Gasteiger charge is -2.37. The number of allylic oxidation sites excluding steroid dienone is 2. The molecule has 166 valence electrons. The van der Waals surface area contributed by atoms with Crippen LogP contribution in [0.5, 0.6) is 0 Å². The number of phosphoric acid groups is 1. The Hall–Kier alpha value is -0.190. The van der Waals surface area contributed by atoms with Crippen LogP contribution in [0.4, 0.5) is 0 Å². The number of piperidine rings is 1. The smallest absolute Gasteiger partial charge is 0.324 e. The molecule has 5 unspecified atom stereocenters. The van der Waals surface area contributed by atoms with Gasteiger partial charge in [0.25, 0.3) is 0 Å². The second-order valence-electron chi connectivity index (χ2n) is 10.4. The zero-order valence-electron chi connectivity index (χ0n) is 18.3. The van der Waals surface area contributed by atoms with Gasteiger partial charge in [-0.3, -0.25) is 9.05 Å². The van der Waals surface area contributed by atoms with Gasteiger partial charge in [-0.25, -0.2) is 4.57 Å². The van der Waals surface area contributed by atoms with Gasteiger partial charge in [-0.2, -0.15) is 0 Å². The average molecular weight is 427 g/mol. The van der Waals surface area contributed by atoms with Crippen molar-refractivity contribution in [2.24, 2.45) is 23.7 Å². The maximum atomic E-state index is 12.1. The molecule has 0 spiro atoms. The summed E-state index contributed by atoms with van der Waals surface area (Å²) in [4.78, 5) is 9.92. The summed E-state index contributed by atoms with van der Waals surface area (Å²) in [5, 5.41) is 0. The van der Waals surface area contributed by atoms with Crippen molar-refractivity contribution in [1.29, 1.82) is 0 Å². The maximum absolute atomic E-state index is 12.1. The van der Waals surface area contributed by atoms with Crippen LogP contribution in [-0.4, -0.2) is 49.3 Å². The van der Waals surface area contributed by atoms with E-state index in [1.807, 2.05) is 0 Å². The number of fused-ring (bicyclic) bond motifs is 2. The van der Waals surface area contributed by atoms with E-state index in [1.54, 1.807) is 5.57 Å². The number of phosphoric ester groups is 1. The van der Waals surface area contributed by atoms with Crippen LogP contribution in [0.3, 0.4) is 0 Å². The average Bonchev–Trinajstić information content (AvgIpc) is 2.89. The number of likely N-dealkylation sites (N-methyl/N-ethyl adjacent to an activating group) is 1. The third-order valence-corrected chi connectivity index (χ3v) is 9.23. The molecule has 4 aliphatic rings. The lowest BCUT2D eigenvalue weighted by molar-refractivity contribution is -0.914. The fraction of sp³-hybridized carbons (Fsp3) is 0.913. The molecule has 4 rings (SSSR count). The number of unbranched alkanes of at least 4 members (excludes halogenated alkanes) is 2. The number of quaternary nitrogens is 1. The van der Waals surface area contributed by atoms with E-state index in [0.29, 0.717) is 13.2 Å². The second-order valence-corrected chi connectivity index (χ2v) is 11.9. The summed E-state index contributed by atoms with van der Waals surface area (Å²) in [7, 11) is -1.70. The summed E-state index contributed by atoms with van der Waals surface area (Å²) < 4.78 is 23.5. The largest absolute Gasteiger partial charge is 0.472 e. The molecule has 1 N–H and O–H groups in total. The Morgan fingerprint density at radius 2 is 1.86 bits per heavy atom. The Bertz CT molecular complexity index is 630. The summed E-state index contributed by atoms with van der Waals surface area (Å²) >= 11 is 0. The first-order valence-electron chi connectivity index (χ1n) is 12.1. The highest BCUT2D eigenvalue weighted by molar-refractivity contribution is 7.47. The van der Waals surface area contributed by atoms with Crippen molar-refractivity contribution in [3.63, 3.8) is 0 Å². The van der Waals surface area contributed by atoms with E-state index >= 15 is 0 Å². The first-order valence-corrected chi connectivity index (χ1v) is 13.6. The molecule has 0 radical (unpaired) electrons. The normalized spacial score (nSPS) is 36.4. The standard InChI is InChI=1S/C23H40NO4P/c1-24(11-5-3-6-12-24)13-15-28-29(25,26)27-14-7-2-4-8-22-20-9-10-21-17-19(16-20)18-23(21)22/h8,19-21,23H,2-7,9-18H2,1H3/p+1/b22-8+. The van der Waals surface area contributed by atoms with Gasteiger partial charge in [-0.15, -0.1) is 0 Å². The lowest BCUT2D eigenvalue weighted by atomic mass is 9.68. The number of hydrogen-bond donors (Lipinski definition) is 1. The van der Waals surface area contributed by atoms with Gasteiger partial charge >= 0.3 is 7.82 Å². The second kappa shape index (κ2) is 9.53. The van der Waals surface area contributed by atoms with Crippen molar-refractivity contribution in [1.82, 2.24) is 0 Å². The van der Waals surface area contributed by atoms with Crippen molar-refractivity contribution in [3.05, 3.63) is 11.6 Å². The van der Waals surface area contributed by atoms with E-state index in [0.717, 1.165) is 67.1 Å². The van der Waals surface area contributed by atoms with Gasteiger partial charge < -0.3 is 9.38 Å². The fourth-order valence-corrected chi connectivity index (χ4v) is 7.37. The van der Waals surface area contributed by atoms with Gasteiger partial charge in [-0.1, -0.05) is 11.6 Å². The van der Waals surface area contributed by atoms with E-state index in [4.69, 9.17) is 9.05 Å². The molecule has 4 fully saturated rings. The molecule has 1 aliphatic heterocycles. The number of rotatable bonds is 10. The Morgan fingerprint density at radius 3 is 2.69 bits per heavy atom. The minimum atomic E-state index is -3.91. The highest BCUT2D eigenvalue weighted by Gasteiger charge is 2.46. The van der Waals surface area contributed by atoms with E-state index in [2.05, 4.69) is 13.1 Å². The molecular formula is C23H41NO4P+. The lowest BCUT2D eigenvalue weighted by Crippen LogP contribution is -2.49. The summed E-state index contributed by atoms with van der Waals surface area (Å²) in [6.45, 7) is 3.66. The molecule has 5 atom stereocenters. The zero-order chi connectivity index (χ0) is 20.3. The minimum Gasteiger partial charge on any atom is -0.324 e. The van der Waals surface area contributed by atoms with Crippen LogP contribution in [0.25, 0.3) is 0 Å². The molecular weight excluding hydrogens is 385 g/mol. The molecule has 1 saturated heterocycles. The molecule has 29 heavy (non-hydrogen) atoms. The van der Waals surface area contributed by atoms with Gasteiger partial charge in [0.1, 0.15) is 13.2 Å². The van der Waals surface area contributed by atoms with E-state index in [9.17, 15) is 9.46 Å². The van der Waals surface area contributed by atoms with Crippen LogP contribution >= 0.6 is 7.82 Å². The summed E-state index contributed by atoms with van der Waals surface area (Å²) in [5.41, 5.74) is 1.77. The van der Waals surface area contributed by atoms with E-state index in [-0.39, 0.29) is 0 Å². The van der Waals surface area contributed by atoms with Gasteiger partial charge in [0.05, 0.1) is 26.7 Å². The summed E-state index contributed by atoms with van der Waals surface area (Å²) in [6.07, 6.45) is 16.4. The Balaban J connectivity index is 1.10. The highest BCUT2D eigenvalue weighted by atomic mass is 31.2. The Morgan fingerprint density at radius 1 is 1.07 bits per heavy atom. The number of likely N-dealkylation sites (tertiary alicyclic amines) is 1. The molecule has 0 aromatic rings. The summed E-state index contributed by atoms with van der Waals surface area (Å²) in [6, 6.07) is 0. The molecule has 1 heterocycles. The molecule has 3 aliphatic carbocycles. The van der Waals surface area contributed by atoms with Crippen molar-refractivity contribution in [3.8, 4) is 0 Å². The first-order chi connectivity index (χ1) is 13.9. The highest BCUT2D eigenvalue weighted by Crippen LogP contribution is 2.57. The quantitative estimate of drug-likeness (QED) is 0.223. The fourth-order valence-electron chi connectivity index (χ4n) is 6.63. The maximum Gasteiger partial charge on any atom is 0.472 e. The van der Waals surface area contributed by atoms with Crippen molar-refractivity contribution >= 4 is 7.82 Å². The Labute approximate surface area is 177 Å². The van der Waals surface area contributed by atoms with Crippen LogP contribution in [0.15, 0.2) is 11.6 Å².